The van der Waals surface area contributed by atoms with Gasteiger partial charge in [-0.3, -0.25) is 0 Å². The van der Waals surface area contributed by atoms with Gasteiger partial charge >= 0.3 is 11.9 Å². The molecule has 1 aromatic carbocycles. The Morgan fingerprint density at radius 1 is 0.933 bits per heavy atom. The molecule has 0 bridgehead atoms. The number of rotatable bonds is 0. The van der Waals surface area contributed by atoms with Gasteiger partial charge in [0.05, 0.1) is 11.1 Å². The number of ether oxygens (including phenoxy) is 1. The molecule has 1 heterocycles. The van der Waals surface area contributed by atoms with Crippen LogP contribution in [0.2, 0.25) is 0 Å². The highest BCUT2D eigenvalue weighted by molar-refractivity contribution is 6.14. The molecule has 0 N–H and O–H groups in total. The summed E-state index contributed by atoms with van der Waals surface area (Å²) in [5, 5.41) is 0. The Kier molecular flexibility index (Phi) is 5.71. The van der Waals surface area contributed by atoms with Crippen LogP contribution in [-0.4, -0.2) is 11.9 Å². The molecular formula is C12H14O3. The van der Waals surface area contributed by atoms with Crippen molar-refractivity contribution < 1.29 is 14.3 Å². The Morgan fingerprint density at radius 2 is 1.27 bits per heavy atom. The van der Waals surface area contributed by atoms with Gasteiger partial charge in [-0.15, -0.1) is 13.2 Å². The minimum Gasteiger partial charge on any atom is -0.386 e. The van der Waals surface area contributed by atoms with Gasteiger partial charge in [0.1, 0.15) is 0 Å². The Morgan fingerprint density at radius 3 is 1.60 bits per heavy atom. The average molecular weight is 206 g/mol. The van der Waals surface area contributed by atoms with E-state index in [1.54, 1.807) is 24.3 Å². The van der Waals surface area contributed by atoms with Crippen molar-refractivity contribution in [2.45, 2.75) is 13.8 Å². The lowest BCUT2D eigenvalue weighted by Gasteiger charge is -1.86. The van der Waals surface area contributed by atoms with E-state index in [2.05, 4.69) is 17.9 Å². The molecular weight excluding hydrogens is 192 g/mol. The zero-order valence-electron chi connectivity index (χ0n) is 8.95. The molecule has 1 aliphatic heterocycles. The minimum absolute atomic E-state index is 0.359. The van der Waals surface area contributed by atoms with Crippen LogP contribution in [0.5, 0.6) is 0 Å². The largest absolute Gasteiger partial charge is 0.386 e. The fourth-order valence-corrected chi connectivity index (χ4v) is 1.03. The number of hydrogen-bond donors (Lipinski definition) is 0. The Hall–Kier alpha value is -1.90. The summed E-state index contributed by atoms with van der Waals surface area (Å²) in [7, 11) is 0. The van der Waals surface area contributed by atoms with Crippen LogP contribution < -0.4 is 0 Å². The lowest BCUT2D eigenvalue weighted by molar-refractivity contribution is 0.0444. The molecule has 15 heavy (non-hydrogen) atoms. The SMILES string of the molecule is C=C.CC.O=C1OC(=O)c2ccccc21. The van der Waals surface area contributed by atoms with Crippen LogP contribution >= 0.6 is 0 Å². The molecule has 0 fully saturated rings. The van der Waals surface area contributed by atoms with Gasteiger partial charge < -0.3 is 4.74 Å². The van der Waals surface area contributed by atoms with E-state index >= 15 is 0 Å². The smallest absolute Gasteiger partial charge is 0.346 e. The van der Waals surface area contributed by atoms with Crippen LogP contribution in [-0.2, 0) is 4.74 Å². The predicted octanol–water partition coefficient (Wildman–Crippen LogP) is 2.83. The van der Waals surface area contributed by atoms with Crippen LogP contribution in [0.1, 0.15) is 34.6 Å². The quantitative estimate of drug-likeness (QED) is 0.372. The predicted molar refractivity (Wildman–Crippen MR) is 58.8 cm³/mol. The summed E-state index contributed by atoms with van der Waals surface area (Å²) in [6, 6.07) is 6.53. The highest BCUT2D eigenvalue weighted by Gasteiger charge is 2.28. The molecule has 0 unspecified atom stereocenters. The van der Waals surface area contributed by atoms with Crippen LogP contribution in [0, 0.1) is 0 Å². The van der Waals surface area contributed by atoms with Crippen LogP contribution in [0.15, 0.2) is 37.4 Å². The number of esters is 2. The van der Waals surface area contributed by atoms with Gasteiger partial charge in [0.25, 0.3) is 0 Å². The standard InChI is InChI=1S/C8H4O3.C2H6.C2H4/c9-7-5-3-1-2-4-6(5)8(10)11-7;2*1-2/h1-4H;1-2H3;1-2H2. The molecule has 2 rings (SSSR count). The highest BCUT2D eigenvalue weighted by atomic mass is 16.6. The summed E-state index contributed by atoms with van der Waals surface area (Å²) in [5.41, 5.74) is 0.718. The normalized spacial score (nSPS) is 11.3. The maximum absolute atomic E-state index is 10.8. The molecule has 0 amide bonds. The maximum atomic E-state index is 10.8. The van der Waals surface area contributed by atoms with Crippen molar-refractivity contribution in [1.29, 1.82) is 0 Å². The number of carbonyl (C=O) groups is 2. The molecule has 3 nitrogen and oxygen atoms in total. The summed E-state index contributed by atoms with van der Waals surface area (Å²) in [6.07, 6.45) is 0. The van der Waals surface area contributed by atoms with Crippen LogP contribution in [0.25, 0.3) is 0 Å². The lowest BCUT2D eigenvalue weighted by Crippen LogP contribution is -1.96. The first-order chi connectivity index (χ1) is 7.29. The van der Waals surface area contributed by atoms with Crippen LogP contribution in [0.4, 0.5) is 0 Å². The van der Waals surface area contributed by atoms with E-state index < -0.39 is 11.9 Å². The van der Waals surface area contributed by atoms with Crippen molar-refractivity contribution in [2.75, 3.05) is 0 Å². The van der Waals surface area contributed by atoms with E-state index in [1.807, 2.05) is 13.8 Å². The van der Waals surface area contributed by atoms with Crippen molar-refractivity contribution in [3.8, 4) is 0 Å². The monoisotopic (exact) mass is 206 g/mol. The second-order valence-electron chi connectivity index (χ2n) is 2.22. The Balaban J connectivity index is 0.000000442. The molecule has 1 aliphatic rings. The first-order valence-corrected chi connectivity index (χ1v) is 4.64. The van der Waals surface area contributed by atoms with Gasteiger partial charge in [0.15, 0.2) is 0 Å². The lowest BCUT2D eigenvalue weighted by atomic mass is 10.1. The van der Waals surface area contributed by atoms with E-state index in [0.29, 0.717) is 11.1 Å². The zero-order valence-corrected chi connectivity index (χ0v) is 8.95. The highest BCUT2D eigenvalue weighted by Crippen LogP contribution is 2.18. The molecule has 3 heteroatoms. The molecule has 0 radical (unpaired) electrons. The topological polar surface area (TPSA) is 43.4 Å². The van der Waals surface area contributed by atoms with Crippen molar-refractivity contribution in [3.05, 3.63) is 48.6 Å². The van der Waals surface area contributed by atoms with E-state index in [4.69, 9.17) is 0 Å². The Bertz CT molecular complexity index is 323. The average Bonchev–Trinajstić information content (AvgIpc) is 2.61. The molecule has 80 valence electrons. The summed E-state index contributed by atoms with van der Waals surface area (Å²) in [5.74, 6) is -1.10. The van der Waals surface area contributed by atoms with Crippen molar-refractivity contribution in [3.63, 3.8) is 0 Å². The van der Waals surface area contributed by atoms with Gasteiger partial charge in [-0.2, -0.15) is 0 Å². The number of hydrogen-bond acceptors (Lipinski definition) is 3. The van der Waals surface area contributed by atoms with Gasteiger partial charge in [-0.25, -0.2) is 9.59 Å². The van der Waals surface area contributed by atoms with Crippen molar-refractivity contribution in [2.24, 2.45) is 0 Å². The fourth-order valence-electron chi connectivity index (χ4n) is 1.03. The maximum Gasteiger partial charge on any atom is 0.346 e. The second kappa shape index (κ2) is 6.54. The first kappa shape index (κ1) is 13.1. The summed E-state index contributed by atoms with van der Waals surface area (Å²) in [6.45, 7) is 10.0. The fraction of sp³-hybridized carbons (Fsp3) is 0.167. The third kappa shape index (κ3) is 2.77. The van der Waals surface area contributed by atoms with Gasteiger partial charge in [0.2, 0.25) is 0 Å². The molecule has 0 aromatic heterocycles. The molecule has 0 aliphatic carbocycles. The molecule has 0 saturated carbocycles. The summed E-state index contributed by atoms with van der Waals surface area (Å²) < 4.78 is 4.35. The van der Waals surface area contributed by atoms with E-state index in [0.717, 1.165) is 0 Å². The van der Waals surface area contributed by atoms with E-state index in [9.17, 15) is 9.59 Å². The van der Waals surface area contributed by atoms with Gasteiger partial charge in [-0.05, 0) is 12.1 Å². The Labute approximate surface area is 89.4 Å². The van der Waals surface area contributed by atoms with E-state index in [1.165, 1.54) is 0 Å². The summed E-state index contributed by atoms with van der Waals surface area (Å²) >= 11 is 0. The minimum atomic E-state index is -0.550. The third-order valence-electron chi connectivity index (χ3n) is 1.55. The van der Waals surface area contributed by atoms with Gasteiger partial charge in [0, 0.05) is 0 Å². The van der Waals surface area contributed by atoms with Crippen molar-refractivity contribution >= 4 is 11.9 Å². The second-order valence-corrected chi connectivity index (χ2v) is 2.22. The molecule has 1 aromatic rings. The number of carbonyl (C=O) groups excluding carboxylic acids is 2. The van der Waals surface area contributed by atoms with Crippen molar-refractivity contribution in [1.82, 2.24) is 0 Å². The molecule has 0 spiro atoms. The van der Waals surface area contributed by atoms with Gasteiger partial charge in [-0.1, -0.05) is 26.0 Å². The first-order valence-electron chi connectivity index (χ1n) is 4.64. The third-order valence-corrected chi connectivity index (χ3v) is 1.55. The number of cyclic esters (lactones) is 2. The number of benzene rings is 1. The molecule has 0 saturated heterocycles. The zero-order chi connectivity index (χ0) is 11.8. The summed E-state index contributed by atoms with van der Waals surface area (Å²) in [4.78, 5) is 21.7. The molecule has 0 atom stereocenters. The van der Waals surface area contributed by atoms with Crippen LogP contribution in [0.3, 0.4) is 0 Å². The number of fused-ring (bicyclic) bond motifs is 1. The van der Waals surface area contributed by atoms with E-state index in [-0.39, 0.29) is 0 Å².